The van der Waals surface area contributed by atoms with E-state index in [4.69, 9.17) is 25.4 Å². The minimum atomic E-state index is 0.0573. The molecule has 13 rings (SSSR count). The van der Waals surface area contributed by atoms with Crippen molar-refractivity contribution in [3.05, 3.63) is 392 Å². The van der Waals surface area contributed by atoms with Crippen LogP contribution in [0.1, 0.15) is 178 Å². The SMILES string of the molecule is C#Cc1cc(C#Cc2cc(-c3ccc(OCc4ccc(C(C)(C)C)cc4)cc3)c(C#Cc3ccccc3)c(-c3ccc(OCc4ccc(C(C)(C)C)cc4)cc3)c2)cc(C#Cc2cc(-c3ccc(OCc4ccc(C(C)(C)C)cc4)cc3)c(C#Cc3ccccc3)c(-c3ccc(OCc4ccc(C(C)(C)C)cc4)cc3)c2)c1. The van der Waals surface area contributed by atoms with E-state index in [1.807, 2.05) is 127 Å². The summed E-state index contributed by atoms with van der Waals surface area (Å²) in [5.74, 6) is 34.6. The Bertz CT molecular complexity index is 5160. The number of ether oxygens (including phenoxy) is 4. The lowest BCUT2D eigenvalue weighted by atomic mass is 9.87. The predicted octanol–water partition coefficient (Wildman–Crippen LogP) is 25.4. The van der Waals surface area contributed by atoms with Crippen molar-refractivity contribution in [3.63, 3.8) is 0 Å². The summed E-state index contributed by atoms with van der Waals surface area (Å²) in [6, 6.07) is 102. The highest BCUT2D eigenvalue weighted by atomic mass is 16.5. The minimum Gasteiger partial charge on any atom is -0.489 e. The minimum absolute atomic E-state index is 0.0573. The Morgan fingerprint density at radius 3 is 0.661 bits per heavy atom. The molecule has 4 nitrogen and oxygen atoms in total. The molecule has 0 bridgehead atoms. The Hall–Kier alpha value is -13.1. The third kappa shape index (κ3) is 20.4. The van der Waals surface area contributed by atoms with E-state index in [-0.39, 0.29) is 21.7 Å². The van der Waals surface area contributed by atoms with Crippen LogP contribution in [0.5, 0.6) is 23.0 Å². The zero-order chi connectivity index (χ0) is 78.4. The average Bonchev–Trinajstić information content (AvgIpc) is 0.782. The standard InChI is InChI=1S/C108H94O4/c1-14-76-65-83(25-27-85-68-101(87-39-55-95(56-40-87)109-72-79-29-47-91(48-30-79)105(2,3)4)99(63-37-77-21-17-15-18-22-77)102(69-85)88-41-57-96(58-42-88)110-73-80-31-49-92(50-32-80)106(5,6)7)67-84(66-76)26-28-86-70-103(89-43-59-97(60-44-89)111-74-81-33-51-93(52-34-81)107(8,9)10)100(64-38-78-23-19-16-20-24-78)104(71-86)90-45-61-98(62-46-90)112-75-82-35-53-94(54-36-82)108(11,12)13/h1,15-24,29-36,39-62,65-71H,72-75H2,2-13H3. The summed E-state index contributed by atoms with van der Waals surface area (Å²) < 4.78 is 25.7. The van der Waals surface area contributed by atoms with E-state index in [9.17, 15) is 0 Å². The van der Waals surface area contributed by atoms with Crippen molar-refractivity contribution in [2.75, 3.05) is 0 Å². The van der Waals surface area contributed by atoms with Crippen LogP contribution in [0.25, 0.3) is 44.5 Å². The van der Waals surface area contributed by atoms with Crippen molar-refractivity contribution in [2.45, 2.75) is 131 Å². The molecule has 0 aliphatic heterocycles. The second kappa shape index (κ2) is 34.2. The van der Waals surface area contributed by atoms with Gasteiger partial charge >= 0.3 is 0 Å². The van der Waals surface area contributed by atoms with E-state index in [0.29, 0.717) is 43.1 Å². The van der Waals surface area contributed by atoms with Crippen LogP contribution in [-0.4, -0.2) is 0 Å². The van der Waals surface area contributed by atoms with E-state index < -0.39 is 0 Å². The van der Waals surface area contributed by atoms with Gasteiger partial charge in [0.2, 0.25) is 0 Å². The maximum Gasteiger partial charge on any atom is 0.119 e. The molecule has 112 heavy (non-hydrogen) atoms. The van der Waals surface area contributed by atoms with Crippen LogP contribution in [0.3, 0.4) is 0 Å². The highest BCUT2D eigenvalue weighted by Gasteiger charge is 2.20. The molecule has 0 aliphatic rings. The van der Waals surface area contributed by atoms with Crippen LogP contribution in [0.4, 0.5) is 0 Å². The normalized spacial score (nSPS) is 11.2. The van der Waals surface area contributed by atoms with Gasteiger partial charge in [-0.05, 0) is 226 Å². The lowest BCUT2D eigenvalue weighted by Gasteiger charge is -2.19. The lowest BCUT2D eigenvalue weighted by Crippen LogP contribution is -2.10. The van der Waals surface area contributed by atoms with E-state index in [1.165, 1.54) is 22.3 Å². The van der Waals surface area contributed by atoms with E-state index in [0.717, 1.165) is 123 Å². The molecule has 550 valence electrons. The van der Waals surface area contributed by atoms with Gasteiger partial charge in [-0.2, -0.15) is 0 Å². The van der Waals surface area contributed by atoms with Gasteiger partial charge in [0, 0.05) is 50.1 Å². The van der Waals surface area contributed by atoms with Crippen LogP contribution in [0.15, 0.2) is 297 Å². The first-order valence-electron chi connectivity index (χ1n) is 38.4. The number of hydrogen-bond donors (Lipinski definition) is 0. The molecule has 0 unspecified atom stereocenters. The summed E-state index contributed by atoms with van der Waals surface area (Å²) in [4.78, 5) is 0. The molecule has 0 heterocycles. The van der Waals surface area contributed by atoms with Gasteiger partial charge in [-0.1, -0.05) is 318 Å². The van der Waals surface area contributed by atoms with Gasteiger partial charge in [-0.15, -0.1) is 6.42 Å². The molecule has 0 saturated carbocycles. The van der Waals surface area contributed by atoms with Gasteiger partial charge < -0.3 is 18.9 Å². The fraction of sp³-hybridized carbons (Fsp3) is 0.185. The van der Waals surface area contributed by atoms with E-state index >= 15 is 0 Å². The Balaban J connectivity index is 0.877. The Morgan fingerprint density at radius 2 is 0.438 bits per heavy atom. The van der Waals surface area contributed by atoms with Crippen molar-refractivity contribution >= 4 is 0 Å². The van der Waals surface area contributed by atoms with Gasteiger partial charge in [0.25, 0.3) is 0 Å². The average molecular weight is 1460 g/mol. The second-order valence-corrected chi connectivity index (χ2v) is 32.6. The maximum absolute atomic E-state index is 6.43. The second-order valence-electron chi connectivity index (χ2n) is 32.6. The van der Waals surface area contributed by atoms with Crippen molar-refractivity contribution < 1.29 is 18.9 Å². The topological polar surface area (TPSA) is 36.9 Å². The number of hydrogen-bond acceptors (Lipinski definition) is 4. The Kier molecular flexibility index (Phi) is 23.5. The van der Waals surface area contributed by atoms with E-state index in [2.05, 4.69) is 306 Å². The molecule has 0 aromatic heterocycles. The molecule has 0 N–H and O–H groups in total. The van der Waals surface area contributed by atoms with Crippen LogP contribution >= 0.6 is 0 Å². The van der Waals surface area contributed by atoms with Crippen molar-refractivity contribution in [1.29, 1.82) is 0 Å². The monoisotopic (exact) mass is 1450 g/mol. The third-order valence-corrected chi connectivity index (χ3v) is 19.9. The number of benzene rings is 13. The molecular weight excluding hydrogens is 1360 g/mol. The fourth-order valence-electron chi connectivity index (χ4n) is 13.1. The molecule has 0 spiro atoms. The highest BCUT2D eigenvalue weighted by molar-refractivity contribution is 5.87. The Morgan fingerprint density at radius 1 is 0.223 bits per heavy atom. The first-order chi connectivity index (χ1) is 53.9. The Labute approximate surface area is 665 Å². The molecule has 4 heteroatoms. The maximum atomic E-state index is 6.43. The zero-order valence-electron chi connectivity index (χ0n) is 66.3. The van der Waals surface area contributed by atoms with Crippen molar-refractivity contribution in [2.24, 2.45) is 0 Å². The number of rotatable bonds is 16. The fourth-order valence-corrected chi connectivity index (χ4v) is 13.1. The summed E-state index contributed by atoms with van der Waals surface area (Å²) in [6.45, 7) is 28.5. The molecule has 13 aromatic rings. The first kappa shape index (κ1) is 77.0. The molecule has 0 radical (unpaired) electrons. The smallest absolute Gasteiger partial charge is 0.119 e. The van der Waals surface area contributed by atoms with Gasteiger partial charge in [-0.3, -0.25) is 0 Å². The highest BCUT2D eigenvalue weighted by Crippen LogP contribution is 2.39. The van der Waals surface area contributed by atoms with Gasteiger partial charge in [0.15, 0.2) is 0 Å². The molecule has 0 fully saturated rings. The summed E-state index contributed by atoms with van der Waals surface area (Å²) in [5.41, 5.74) is 24.3. The van der Waals surface area contributed by atoms with E-state index in [1.54, 1.807) is 0 Å². The third-order valence-electron chi connectivity index (χ3n) is 19.9. The largest absolute Gasteiger partial charge is 0.489 e. The molecular formula is C108H94O4. The van der Waals surface area contributed by atoms with Crippen LogP contribution < -0.4 is 18.9 Å². The molecule has 0 amide bonds. The predicted molar refractivity (Wildman–Crippen MR) is 464 cm³/mol. The van der Waals surface area contributed by atoms with Crippen LogP contribution in [0, 0.1) is 59.7 Å². The molecule has 0 aliphatic carbocycles. The van der Waals surface area contributed by atoms with Gasteiger partial charge in [0.05, 0.1) is 0 Å². The van der Waals surface area contributed by atoms with Crippen LogP contribution in [0.2, 0.25) is 0 Å². The summed E-state index contributed by atoms with van der Waals surface area (Å²) >= 11 is 0. The van der Waals surface area contributed by atoms with Gasteiger partial charge in [0.1, 0.15) is 49.4 Å². The summed E-state index contributed by atoms with van der Waals surface area (Å²) in [6.07, 6.45) is 6.32. The van der Waals surface area contributed by atoms with Crippen molar-refractivity contribution in [1.82, 2.24) is 0 Å². The van der Waals surface area contributed by atoms with Crippen molar-refractivity contribution in [3.8, 4) is 127 Å². The molecule has 0 atom stereocenters. The summed E-state index contributed by atoms with van der Waals surface area (Å²) in [7, 11) is 0. The lowest BCUT2D eigenvalue weighted by molar-refractivity contribution is 0.306. The quantitative estimate of drug-likeness (QED) is 0.0904. The molecule has 0 saturated heterocycles. The summed E-state index contributed by atoms with van der Waals surface area (Å²) in [5, 5.41) is 0. The first-order valence-corrected chi connectivity index (χ1v) is 38.4. The number of terminal acetylenes is 1. The zero-order valence-corrected chi connectivity index (χ0v) is 66.3. The molecule has 13 aromatic carbocycles. The van der Waals surface area contributed by atoms with Gasteiger partial charge in [-0.25, -0.2) is 0 Å². The van der Waals surface area contributed by atoms with Crippen LogP contribution in [-0.2, 0) is 48.1 Å².